The molecule has 204 valence electrons. The van der Waals surface area contributed by atoms with Crippen molar-refractivity contribution in [2.24, 2.45) is 0 Å². The lowest BCUT2D eigenvalue weighted by Gasteiger charge is -2.05. The molecule has 41 heavy (non-hydrogen) atoms. The number of ether oxygens (including phenoxy) is 2. The predicted molar refractivity (Wildman–Crippen MR) is 159 cm³/mol. The van der Waals surface area contributed by atoms with E-state index in [2.05, 4.69) is 10.1 Å². The van der Waals surface area contributed by atoms with Gasteiger partial charge in [0.1, 0.15) is 22.9 Å². The zero-order valence-electron chi connectivity index (χ0n) is 21.9. The summed E-state index contributed by atoms with van der Waals surface area (Å²) in [5.41, 5.74) is 3.08. The molecule has 0 aliphatic heterocycles. The fourth-order valence-corrected chi connectivity index (χ4v) is 5.53. The summed E-state index contributed by atoms with van der Waals surface area (Å²) in [6.07, 6.45) is 3.81. The fraction of sp³-hybridized carbons (Fsp3) is 0.100. The Morgan fingerprint density at radius 1 is 0.951 bits per heavy atom. The topological polar surface area (TPSA) is 101 Å². The predicted octanol–water partition coefficient (Wildman–Crippen LogP) is 4.17. The Balaban J connectivity index is 1.46. The van der Waals surface area contributed by atoms with Crippen molar-refractivity contribution in [3.05, 3.63) is 126 Å². The number of fused-ring (bicyclic) bond motifs is 1. The Labute approximate surface area is 242 Å². The summed E-state index contributed by atoms with van der Waals surface area (Å²) >= 11 is 7.52. The molecule has 0 N–H and O–H groups in total. The molecule has 0 aliphatic carbocycles. The third-order valence-electron chi connectivity index (χ3n) is 6.46. The molecule has 0 atom stereocenters. The summed E-state index contributed by atoms with van der Waals surface area (Å²) in [5.74, 6) is 1.25. The molecule has 0 saturated heterocycles. The first-order valence-corrected chi connectivity index (χ1v) is 13.7. The lowest BCUT2D eigenvalue weighted by molar-refractivity contribution is 0.414. The third-order valence-corrected chi connectivity index (χ3v) is 7.71. The first kappa shape index (κ1) is 26.4. The molecule has 3 heterocycles. The lowest BCUT2D eigenvalue weighted by Crippen LogP contribution is -2.28. The minimum Gasteiger partial charge on any atom is -0.497 e. The monoisotopic (exact) mass is 583 g/mol. The van der Waals surface area contributed by atoms with Gasteiger partial charge >= 0.3 is 0 Å². The first-order valence-electron chi connectivity index (χ1n) is 12.5. The number of hydrogen-bond acceptors (Lipinski definition) is 8. The van der Waals surface area contributed by atoms with Gasteiger partial charge in [0.25, 0.3) is 11.1 Å². The van der Waals surface area contributed by atoms with Crippen LogP contribution >= 0.6 is 22.9 Å². The number of rotatable bonds is 7. The zero-order valence-corrected chi connectivity index (χ0v) is 23.5. The van der Waals surface area contributed by atoms with Gasteiger partial charge in [0.05, 0.1) is 29.5 Å². The number of thiazole rings is 1. The number of methoxy groups -OCH3 is 2. The van der Waals surface area contributed by atoms with E-state index in [1.807, 2.05) is 54.7 Å². The maximum atomic E-state index is 13.5. The van der Waals surface area contributed by atoms with Crippen LogP contribution in [0.25, 0.3) is 28.0 Å². The molecule has 9 nitrogen and oxygen atoms in total. The van der Waals surface area contributed by atoms with E-state index in [-0.39, 0.29) is 22.6 Å². The van der Waals surface area contributed by atoms with E-state index in [1.165, 1.54) is 4.52 Å². The number of para-hydroxylation sites is 1. The second kappa shape index (κ2) is 11.0. The Bertz CT molecular complexity index is 2050. The molecule has 0 unspecified atom stereocenters. The Morgan fingerprint density at radius 2 is 1.73 bits per heavy atom. The maximum Gasteiger partial charge on any atom is 0.296 e. The maximum absolute atomic E-state index is 13.5. The van der Waals surface area contributed by atoms with Crippen molar-refractivity contribution in [3.63, 3.8) is 0 Å². The molecule has 6 aromatic rings. The molecule has 3 aromatic heterocycles. The Kier molecular flexibility index (Phi) is 7.08. The van der Waals surface area contributed by atoms with Gasteiger partial charge in [-0.05, 0) is 54.1 Å². The van der Waals surface area contributed by atoms with E-state index < -0.39 is 5.56 Å². The van der Waals surface area contributed by atoms with Gasteiger partial charge in [0.2, 0.25) is 4.96 Å². The summed E-state index contributed by atoms with van der Waals surface area (Å²) in [6, 6.07) is 22.3. The Morgan fingerprint density at radius 3 is 2.44 bits per heavy atom. The highest BCUT2D eigenvalue weighted by molar-refractivity contribution is 7.15. The smallest absolute Gasteiger partial charge is 0.296 e. The van der Waals surface area contributed by atoms with Gasteiger partial charge in [-0.2, -0.15) is 19.7 Å². The molecule has 11 heteroatoms. The minimum atomic E-state index is -0.473. The van der Waals surface area contributed by atoms with Crippen LogP contribution in [-0.2, 0) is 6.42 Å². The molecule has 0 saturated carbocycles. The van der Waals surface area contributed by atoms with E-state index in [0.717, 1.165) is 28.2 Å². The summed E-state index contributed by atoms with van der Waals surface area (Å²) < 4.78 is 13.8. The van der Waals surface area contributed by atoms with Gasteiger partial charge in [0, 0.05) is 23.7 Å². The standard InChI is InChI=1S/C30H22ClN5O4S/c1-39-22-11-8-18(9-12-22)14-24-28(37)32-30-36(33-24)29(38)26(41-30)16-20-17-35(21-6-4-3-5-7-21)34-27(20)19-10-13-25(40-2)23(31)15-19/h3-13,15-17H,14H2,1-2H3. The van der Waals surface area contributed by atoms with Crippen LogP contribution in [0.5, 0.6) is 11.5 Å². The van der Waals surface area contributed by atoms with Crippen molar-refractivity contribution < 1.29 is 9.47 Å². The van der Waals surface area contributed by atoms with E-state index in [9.17, 15) is 9.59 Å². The van der Waals surface area contributed by atoms with Crippen molar-refractivity contribution in [3.8, 4) is 28.4 Å². The number of halogens is 1. The second-order valence-electron chi connectivity index (χ2n) is 9.06. The van der Waals surface area contributed by atoms with E-state index in [4.69, 9.17) is 26.2 Å². The van der Waals surface area contributed by atoms with Crippen LogP contribution in [0.1, 0.15) is 16.8 Å². The van der Waals surface area contributed by atoms with Crippen molar-refractivity contribution in [2.75, 3.05) is 14.2 Å². The van der Waals surface area contributed by atoms with Crippen molar-refractivity contribution in [1.29, 1.82) is 0 Å². The van der Waals surface area contributed by atoms with Gasteiger partial charge in [-0.3, -0.25) is 9.59 Å². The zero-order chi connectivity index (χ0) is 28.5. The van der Waals surface area contributed by atoms with Crippen LogP contribution in [0.4, 0.5) is 0 Å². The van der Waals surface area contributed by atoms with Crippen LogP contribution < -0.4 is 25.1 Å². The van der Waals surface area contributed by atoms with Gasteiger partial charge in [0.15, 0.2) is 0 Å². The lowest BCUT2D eigenvalue weighted by atomic mass is 10.1. The molecule has 0 bridgehead atoms. The van der Waals surface area contributed by atoms with Crippen LogP contribution in [0.2, 0.25) is 5.02 Å². The Hall–Kier alpha value is -4.80. The molecule has 3 aromatic carbocycles. The summed E-state index contributed by atoms with van der Waals surface area (Å²) in [6.45, 7) is 0. The molecule has 0 radical (unpaired) electrons. The van der Waals surface area contributed by atoms with Gasteiger partial charge in [-0.25, -0.2) is 4.68 Å². The number of benzene rings is 3. The number of hydrogen-bond donors (Lipinski definition) is 0. The second-order valence-corrected chi connectivity index (χ2v) is 10.5. The van der Waals surface area contributed by atoms with E-state index in [1.54, 1.807) is 49.2 Å². The van der Waals surface area contributed by atoms with E-state index in [0.29, 0.717) is 32.3 Å². The minimum absolute atomic E-state index is 0.180. The molecule has 0 amide bonds. The molecule has 0 spiro atoms. The highest BCUT2D eigenvalue weighted by Gasteiger charge is 2.16. The van der Waals surface area contributed by atoms with E-state index >= 15 is 0 Å². The number of aromatic nitrogens is 5. The average Bonchev–Trinajstić information content (AvgIpc) is 3.55. The van der Waals surface area contributed by atoms with Gasteiger partial charge < -0.3 is 9.47 Å². The fourth-order valence-electron chi connectivity index (χ4n) is 4.37. The van der Waals surface area contributed by atoms with Crippen LogP contribution in [0.3, 0.4) is 0 Å². The quantitative estimate of drug-likeness (QED) is 0.278. The summed E-state index contributed by atoms with van der Waals surface area (Å²) in [4.78, 5) is 30.6. The van der Waals surface area contributed by atoms with Crippen LogP contribution in [-0.4, -0.2) is 38.6 Å². The normalized spacial score (nSPS) is 11.7. The van der Waals surface area contributed by atoms with Crippen LogP contribution in [0, 0.1) is 0 Å². The summed E-state index contributed by atoms with van der Waals surface area (Å²) in [7, 11) is 3.14. The molecule has 0 fully saturated rings. The number of nitrogens with zero attached hydrogens (tertiary/aromatic N) is 5. The van der Waals surface area contributed by atoms with Crippen LogP contribution in [0.15, 0.2) is 88.6 Å². The average molecular weight is 584 g/mol. The third kappa shape index (κ3) is 5.22. The van der Waals surface area contributed by atoms with Gasteiger partial charge in [-0.1, -0.05) is 53.3 Å². The molecular formula is C30H22ClN5O4S. The van der Waals surface area contributed by atoms with Crippen molar-refractivity contribution in [1.82, 2.24) is 24.4 Å². The largest absolute Gasteiger partial charge is 0.497 e. The summed E-state index contributed by atoms with van der Waals surface area (Å²) in [5, 5.41) is 9.62. The SMILES string of the molecule is COc1ccc(Cc2nn3c(=O)c(=Cc4cn(-c5ccccc5)nc4-c4ccc(OC)c(Cl)c4)sc3nc2=O)cc1. The van der Waals surface area contributed by atoms with Gasteiger partial charge in [-0.15, -0.1) is 0 Å². The molecule has 0 aliphatic rings. The van der Waals surface area contributed by atoms with Crippen molar-refractivity contribution >= 4 is 34.0 Å². The molecular weight excluding hydrogens is 562 g/mol. The van der Waals surface area contributed by atoms with Crippen molar-refractivity contribution in [2.45, 2.75) is 6.42 Å². The first-order chi connectivity index (χ1) is 19.9. The highest BCUT2D eigenvalue weighted by atomic mass is 35.5. The molecule has 6 rings (SSSR count). The highest BCUT2D eigenvalue weighted by Crippen LogP contribution is 2.32.